The number of aryl methyl sites for hydroxylation is 1. The van der Waals surface area contributed by atoms with Gasteiger partial charge in [-0.25, -0.2) is 13.4 Å². The number of piperazine rings is 1. The van der Waals surface area contributed by atoms with E-state index in [0.29, 0.717) is 37.7 Å². The van der Waals surface area contributed by atoms with Crippen molar-refractivity contribution in [1.29, 1.82) is 0 Å². The number of rotatable bonds is 5. The van der Waals surface area contributed by atoms with Gasteiger partial charge in [-0.15, -0.1) is 0 Å². The Bertz CT molecular complexity index is 983. The summed E-state index contributed by atoms with van der Waals surface area (Å²) in [5, 5.41) is 0. The van der Waals surface area contributed by atoms with Crippen molar-refractivity contribution in [3.05, 3.63) is 41.6 Å². The Morgan fingerprint density at radius 3 is 2.36 bits per heavy atom. The molecule has 1 saturated heterocycles. The number of carbonyl (C=O) groups is 1. The fraction of sp³-hybridized carbons (Fsp3) is 0.421. The molecule has 0 bridgehead atoms. The average molecular weight is 404 g/mol. The number of nitrogens with zero attached hydrogens (tertiary/aromatic N) is 5. The van der Waals surface area contributed by atoms with Crippen LogP contribution in [-0.2, 0) is 10.0 Å². The van der Waals surface area contributed by atoms with Gasteiger partial charge in [0.1, 0.15) is 5.82 Å². The number of benzene rings is 1. The maximum Gasteiger partial charge on any atom is 0.243 e. The topological polar surface area (TPSA) is 86.7 Å². The lowest BCUT2D eigenvalue weighted by molar-refractivity contribution is 0.101. The molecule has 0 unspecified atom stereocenters. The molecule has 9 heteroatoms. The highest BCUT2D eigenvalue weighted by atomic mass is 32.2. The van der Waals surface area contributed by atoms with Crippen LogP contribution in [0, 0.1) is 6.92 Å². The average Bonchev–Trinajstić information content (AvgIpc) is 2.67. The Hall–Kier alpha value is -2.52. The molecular weight excluding hydrogens is 378 g/mol. The number of ketones is 1. The van der Waals surface area contributed by atoms with Crippen LogP contribution in [0.2, 0.25) is 0 Å². The Morgan fingerprint density at radius 1 is 1.07 bits per heavy atom. The number of aromatic nitrogens is 2. The predicted molar refractivity (Wildman–Crippen MR) is 109 cm³/mol. The van der Waals surface area contributed by atoms with Crippen molar-refractivity contribution in [2.24, 2.45) is 0 Å². The molecule has 0 atom stereocenters. The zero-order chi connectivity index (χ0) is 20.5. The van der Waals surface area contributed by atoms with E-state index in [4.69, 9.17) is 0 Å². The quantitative estimate of drug-likeness (QED) is 0.700. The van der Waals surface area contributed by atoms with E-state index in [-0.39, 0.29) is 10.7 Å². The van der Waals surface area contributed by atoms with Crippen molar-refractivity contribution >= 4 is 27.6 Å². The van der Waals surface area contributed by atoms with E-state index in [1.807, 2.05) is 36.9 Å². The summed E-state index contributed by atoms with van der Waals surface area (Å²) < 4.78 is 27.4. The summed E-state index contributed by atoms with van der Waals surface area (Å²) in [7, 11) is 0.196. The first-order valence-electron chi connectivity index (χ1n) is 9.07. The Kier molecular flexibility index (Phi) is 5.66. The van der Waals surface area contributed by atoms with Gasteiger partial charge in [0.2, 0.25) is 16.0 Å². The van der Waals surface area contributed by atoms with Gasteiger partial charge in [-0.2, -0.15) is 9.29 Å². The first-order valence-corrected chi connectivity index (χ1v) is 10.5. The largest absolute Gasteiger partial charge is 0.363 e. The van der Waals surface area contributed by atoms with Crippen molar-refractivity contribution < 1.29 is 13.2 Å². The normalized spacial score (nSPS) is 15.5. The van der Waals surface area contributed by atoms with E-state index in [0.717, 1.165) is 11.5 Å². The van der Waals surface area contributed by atoms with Crippen molar-refractivity contribution in [1.82, 2.24) is 14.3 Å². The Labute approximate surface area is 165 Å². The van der Waals surface area contributed by atoms with Gasteiger partial charge in [-0.05, 0) is 26.0 Å². The standard InChI is InChI=1S/C19H25N5O3S/c1-14-12-18(22(3)4)21-19(20-14)23-8-10-24(11-9-23)28(26,27)17-7-5-6-16(13-17)15(2)25/h5-7,12-13H,8-11H2,1-4H3. The SMILES string of the molecule is CC(=O)c1cccc(S(=O)(=O)N2CCN(c3nc(C)cc(N(C)C)n3)CC2)c1. The third kappa shape index (κ3) is 4.15. The van der Waals surface area contributed by atoms with Gasteiger partial charge in [0.15, 0.2) is 5.78 Å². The molecule has 1 aliphatic rings. The molecule has 2 aromatic rings. The minimum Gasteiger partial charge on any atom is -0.363 e. The lowest BCUT2D eigenvalue weighted by atomic mass is 10.2. The molecule has 150 valence electrons. The molecule has 0 radical (unpaired) electrons. The summed E-state index contributed by atoms with van der Waals surface area (Å²) in [6.07, 6.45) is 0. The summed E-state index contributed by atoms with van der Waals surface area (Å²) in [6, 6.07) is 8.10. The van der Waals surface area contributed by atoms with Gasteiger partial charge >= 0.3 is 0 Å². The summed E-state index contributed by atoms with van der Waals surface area (Å²) in [4.78, 5) is 24.7. The van der Waals surface area contributed by atoms with E-state index in [1.165, 1.54) is 23.4 Å². The van der Waals surface area contributed by atoms with Crippen molar-refractivity contribution in [3.63, 3.8) is 0 Å². The van der Waals surface area contributed by atoms with Gasteiger partial charge in [0.05, 0.1) is 4.90 Å². The van der Waals surface area contributed by atoms with Crippen molar-refractivity contribution in [2.45, 2.75) is 18.7 Å². The predicted octanol–water partition coefficient (Wildman–Crippen LogP) is 1.56. The van der Waals surface area contributed by atoms with Crippen LogP contribution in [-0.4, -0.2) is 68.7 Å². The molecule has 8 nitrogen and oxygen atoms in total. The lowest BCUT2D eigenvalue weighted by Gasteiger charge is -2.34. The fourth-order valence-corrected chi connectivity index (χ4v) is 4.53. The lowest BCUT2D eigenvalue weighted by Crippen LogP contribution is -2.49. The molecule has 1 aliphatic heterocycles. The van der Waals surface area contributed by atoms with Crippen LogP contribution >= 0.6 is 0 Å². The van der Waals surface area contributed by atoms with Gasteiger partial charge in [0, 0.05) is 57.6 Å². The number of carbonyl (C=O) groups excluding carboxylic acids is 1. The molecule has 3 rings (SSSR count). The second-order valence-electron chi connectivity index (χ2n) is 7.04. The summed E-state index contributed by atoms with van der Waals surface area (Å²) in [5.41, 5.74) is 1.26. The van der Waals surface area contributed by atoms with E-state index >= 15 is 0 Å². The first-order chi connectivity index (χ1) is 13.2. The van der Waals surface area contributed by atoms with Crippen LogP contribution in [0.3, 0.4) is 0 Å². The number of sulfonamides is 1. The highest BCUT2D eigenvalue weighted by Gasteiger charge is 2.29. The van der Waals surface area contributed by atoms with Gasteiger partial charge < -0.3 is 9.80 Å². The monoisotopic (exact) mass is 403 g/mol. The van der Waals surface area contributed by atoms with Crippen molar-refractivity contribution in [2.75, 3.05) is 50.1 Å². The maximum absolute atomic E-state index is 13.0. The number of Topliss-reactive ketones (excluding diaryl/α,β-unsaturated/α-hetero) is 1. The molecule has 0 aliphatic carbocycles. The molecule has 1 fully saturated rings. The molecule has 28 heavy (non-hydrogen) atoms. The second kappa shape index (κ2) is 7.84. The summed E-state index contributed by atoms with van der Waals surface area (Å²) >= 11 is 0. The molecule has 0 saturated carbocycles. The van der Waals surface area contributed by atoms with E-state index in [9.17, 15) is 13.2 Å². The van der Waals surface area contributed by atoms with Gasteiger partial charge in [-0.1, -0.05) is 12.1 Å². The zero-order valence-corrected chi connectivity index (χ0v) is 17.4. The Balaban J connectivity index is 1.76. The minimum atomic E-state index is -3.65. The smallest absolute Gasteiger partial charge is 0.243 e. The maximum atomic E-state index is 13.0. The van der Waals surface area contributed by atoms with Gasteiger partial charge in [-0.3, -0.25) is 4.79 Å². The molecule has 2 heterocycles. The second-order valence-corrected chi connectivity index (χ2v) is 8.98. The van der Waals surface area contributed by atoms with E-state index in [1.54, 1.807) is 12.1 Å². The fourth-order valence-electron chi connectivity index (χ4n) is 3.06. The molecule has 0 spiro atoms. The molecule has 1 aromatic carbocycles. The van der Waals surface area contributed by atoms with Gasteiger partial charge in [0.25, 0.3) is 0 Å². The molecule has 1 aromatic heterocycles. The molecular formula is C19H25N5O3S. The molecule has 0 N–H and O–H groups in total. The third-order valence-electron chi connectivity index (χ3n) is 4.69. The number of hydrogen-bond acceptors (Lipinski definition) is 7. The van der Waals surface area contributed by atoms with Crippen molar-refractivity contribution in [3.8, 4) is 0 Å². The first kappa shape index (κ1) is 20.2. The number of anilines is 2. The zero-order valence-electron chi connectivity index (χ0n) is 16.6. The summed E-state index contributed by atoms with van der Waals surface area (Å²) in [6.45, 7) is 5.02. The minimum absolute atomic E-state index is 0.148. The highest BCUT2D eigenvalue weighted by Crippen LogP contribution is 2.22. The van der Waals surface area contributed by atoms with E-state index in [2.05, 4.69) is 9.97 Å². The Morgan fingerprint density at radius 2 is 1.75 bits per heavy atom. The van der Waals surface area contributed by atoms with Crippen LogP contribution in [0.15, 0.2) is 35.2 Å². The van der Waals surface area contributed by atoms with Crippen LogP contribution < -0.4 is 9.80 Å². The third-order valence-corrected chi connectivity index (χ3v) is 6.58. The van der Waals surface area contributed by atoms with Crippen LogP contribution in [0.5, 0.6) is 0 Å². The number of hydrogen-bond donors (Lipinski definition) is 0. The van der Waals surface area contributed by atoms with E-state index < -0.39 is 10.0 Å². The van der Waals surface area contributed by atoms with Crippen LogP contribution in [0.1, 0.15) is 23.0 Å². The highest BCUT2D eigenvalue weighted by molar-refractivity contribution is 7.89. The summed E-state index contributed by atoms with van der Waals surface area (Å²) in [5.74, 6) is 1.27. The molecule has 0 amide bonds. The van der Waals surface area contributed by atoms with Crippen LogP contribution in [0.4, 0.5) is 11.8 Å². The van der Waals surface area contributed by atoms with Crippen LogP contribution in [0.25, 0.3) is 0 Å².